The highest BCUT2D eigenvalue weighted by Gasteiger charge is 2.24. The summed E-state index contributed by atoms with van der Waals surface area (Å²) in [6, 6.07) is 11.7. The Kier molecular flexibility index (Phi) is 5.50. The fourth-order valence-corrected chi connectivity index (χ4v) is 3.83. The minimum Gasteiger partial charge on any atom is -0.496 e. The summed E-state index contributed by atoms with van der Waals surface area (Å²) in [5, 5.41) is 4.49. The number of aromatic nitrogens is 2. The molecule has 0 saturated carbocycles. The molecule has 0 bridgehead atoms. The van der Waals surface area contributed by atoms with Crippen molar-refractivity contribution in [2.24, 2.45) is 0 Å². The van der Waals surface area contributed by atoms with Crippen molar-refractivity contribution >= 4 is 21.6 Å². The van der Waals surface area contributed by atoms with Crippen LogP contribution in [0.15, 0.2) is 51.9 Å². The van der Waals surface area contributed by atoms with Crippen LogP contribution in [0, 0.1) is 6.92 Å². The minimum absolute atomic E-state index is 0.0476. The van der Waals surface area contributed by atoms with Crippen LogP contribution < -0.4 is 4.74 Å². The molecule has 0 aliphatic rings. The molecule has 142 valence electrons. The van der Waals surface area contributed by atoms with E-state index in [-0.39, 0.29) is 17.3 Å². The molecule has 0 atom stereocenters. The average Bonchev–Trinajstić information content (AvgIpc) is 3.10. The second-order valence-corrected chi connectivity index (χ2v) is 8.39. The van der Waals surface area contributed by atoms with Crippen LogP contribution in [0.4, 0.5) is 0 Å². The first-order valence-electron chi connectivity index (χ1n) is 8.01. The number of halogens is 1. The molecule has 0 aliphatic heterocycles. The second kappa shape index (κ2) is 7.67. The van der Waals surface area contributed by atoms with E-state index < -0.39 is 10.0 Å². The van der Waals surface area contributed by atoms with Gasteiger partial charge in [-0.25, -0.2) is 8.42 Å². The predicted octanol–water partition coefficient (Wildman–Crippen LogP) is 3.53. The number of benzene rings is 2. The molecule has 0 unspecified atom stereocenters. The van der Waals surface area contributed by atoms with Crippen LogP contribution in [-0.2, 0) is 16.6 Å². The van der Waals surface area contributed by atoms with Crippen LogP contribution in [0.5, 0.6) is 5.75 Å². The topological polar surface area (TPSA) is 85.5 Å². The van der Waals surface area contributed by atoms with Crippen molar-refractivity contribution in [3.8, 4) is 17.1 Å². The van der Waals surface area contributed by atoms with Gasteiger partial charge in [0.2, 0.25) is 21.7 Å². The number of nitrogens with zero attached hydrogens (tertiary/aromatic N) is 3. The van der Waals surface area contributed by atoms with Crippen LogP contribution in [0.2, 0.25) is 5.02 Å². The Labute approximate surface area is 162 Å². The lowest BCUT2D eigenvalue weighted by atomic mass is 10.2. The molecule has 2 aromatic carbocycles. The molecule has 1 heterocycles. The molecule has 0 spiro atoms. The monoisotopic (exact) mass is 407 g/mol. The van der Waals surface area contributed by atoms with Crippen LogP contribution >= 0.6 is 11.6 Å². The van der Waals surface area contributed by atoms with Crippen molar-refractivity contribution in [3.05, 3.63) is 58.9 Å². The molecule has 0 fully saturated rings. The Balaban J connectivity index is 1.79. The van der Waals surface area contributed by atoms with Crippen molar-refractivity contribution in [2.45, 2.75) is 18.4 Å². The zero-order valence-electron chi connectivity index (χ0n) is 15.0. The van der Waals surface area contributed by atoms with Crippen molar-refractivity contribution in [1.29, 1.82) is 0 Å². The van der Waals surface area contributed by atoms with Gasteiger partial charge in [0.15, 0.2) is 0 Å². The minimum atomic E-state index is -3.71. The Morgan fingerprint density at radius 2 is 1.89 bits per heavy atom. The Bertz CT molecular complexity index is 1050. The van der Waals surface area contributed by atoms with Gasteiger partial charge in [0.05, 0.1) is 18.6 Å². The number of hydrogen-bond donors (Lipinski definition) is 0. The number of sulfonamides is 1. The number of rotatable bonds is 6. The SMILES string of the molecule is COc1ccc(S(=O)(=O)N(C)Cc2nc(-c3ccc(Cl)cc3)no2)cc1C. The molecular formula is C18H18ClN3O4S. The lowest BCUT2D eigenvalue weighted by Crippen LogP contribution is -2.26. The normalized spacial score (nSPS) is 11.7. The number of aryl methyl sites for hydroxylation is 1. The molecular weight excluding hydrogens is 390 g/mol. The first-order chi connectivity index (χ1) is 12.8. The van der Waals surface area contributed by atoms with Crippen molar-refractivity contribution in [2.75, 3.05) is 14.2 Å². The highest BCUT2D eigenvalue weighted by molar-refractivity contribution is 7.89. The largest absolute Gasteiger partial charge is 0.496 e. The van der Waals surface area contributed by atoms with Gasteiger partial charge in [-0.2, -0.15) is 9.29 Å². The first-order valence-corrected chi connectivity index (χ1v) is 9.82. The van der Waals surface area contributed by atoms with Crippen LogP contribution in [0.25, 0.3) is 11.4 Å². The third-order valence-electron chi connectivity index (χ3n) is 4.00. The molecule has 0 N–H and O–H groups in total. The third kappa shape index (κ3) is 4.13. The molecule has 1 aromatic heterocycles. The number of ether oxygens (including phenoxy) is 1. The summed E-state index contributed by atoms with van der Waals surface area (Å²) in [6.45, 7) is 1.74. The Morgan fingerprint density at radius 3 is 2.52 bits per heavy atom. The fraction of sp³-hybridized carbons (Fsp3) is 0.222. The number of hydrogen-bond acceptors (Lipinski definition) is 6. The van der Waals surface area contributed by atoms with E-state index in [1.54, 1.807) is 43.3 Å². The van der Waals surface area contributed by atoms with E-state index in [4.69, 9.17) is 20.9 Å². The second-order valence-electron chi connectivity index (χ2n) is 5.91. The molecule has 3 rings (SSSR count). The maximum Gasteiger partial charge on any atom is 0.243 e. The van der Waals surface area contributed by atoms with Crippen LogP contribution in [0.3, 0.4) is 0 Å². The van der Waals surface area contributed by atoms with Gasteiger partial charge in [-0.05, 0) is 55.0 Å². The molecule has 9 heteroatoms. The van der Waals surface area contributed by atoms with Gasteiger partial charge >= 0.3 is 0 Å². The molecule has 7 nitrogen and oxygen atoms in total. The zero-order valence-corrected chi connectivity index (χ0v) is 16.6. The van der Waals surface area contributed by atoms with Crippen molar-refractivity contribution in [1.82, 2.24) is 14.4 Å². The van der Waals surface area contributed by atoms with Gasteiger partial charge in [-0.1, -0.05) is 16.8 Å². The van der Waals surface area contributed by atoms with E-state index in [9.17, 15) is 8.42 Å². The van der Waals surface area contributed by atoms with Gasteiger partial charge in [-0.3, -0.25) is 0 Å². The summed E-state index contributed by atoms with van der Waals surface area (Å²) < 4.78 is 37.1. The highest BCUT2D eigenvalue weighted by atomic mass is 35.5. The van der Waals surface area contributed by atoms with Gasteiger partial charge in [0, 0.05) is 17.6 Å². The molecule has 3 aromatic rings. The van der Waals surface area contributed by atoms with Gasteiger partial charge in [0.1, 0.15) is 5.75 Å². The zero-order chi connectivity index (χ0) is 19.6. The Hall–Kier alpha value is -2.42. The summed E-state index contributed by atoms with van der Waals surface area (Å²) in [7, 11) is -0.716. The van der Waals surface area contributed by atoms with Gasteiger partial charge < -0.3 is 9.26 Å². The van der Waals surface area contributed by atoms with Gasteiger partial charge in [-0.15, -0.1) is 0 Å². The molecule has 0 saturated heterocycles. The fourth-order valence-electron chi connectivity index (χ4n) is 2.50. The average molecular weight is 408 g/mol. The van der Waals surface area contributed by atoms with E-state index in [0.29, 0.717) is 16.6 Å². The predicted molar refractivity (Wildman–Crippen MR) is 101 cm³/mol. The quantitative estimate of drug-likeness (QED) is 0.621. The number of methoxy groups -OCH3 is 1. The van der Waals surface area contributed by atoms with Crippen LogP contribution in [-0.4, -0.2) is 37.0 Å². The lowest BCUT2D eigenvalue weighted by molar-refractivity contribution is 0.336. The maximum absolute atomic E-state index is 12.8. The van der Waals surface area contributed by atoms with Crippen molar-refractivity contribution in [3.63, 3.8) is 0 Å². The summed E-state index contributed by atoms with van der Waals surface area (Å²) in [5.74, 6) is 1.19. The molecule has 0 amide bonds. The van der Waals surface area contributed by atoms with E-state index in [2.05, 4.69) is 10.1 Å². The summed E-state index contributed by atoms with van der Waals surface area (Å²) >= 11 is 5.87. The summed E-state index contributed by atoms with van der Waals surface area (Å²) in [6.07, 6.45) is 0. The molecule has 0 radical (unpaired) electrons. The highest BCUT2D eigenvalue weighted by Crippen LogP contribution is 2.24. The first kappa shape index (κ1) is 19.3. The van der Waals surface area contributed by atoms with Crippen molar-refractivity contribution < 1.29 is 17.7 Å². The third-order valence-corrected chi connectivity index (χ3v) is 6.05. The lowest BCUT2D eigenvalue weighted by Gasteiger charge is -2.16. The smallest absolute Gasteiger partial charge is 0.243 e. The molecule has 27 heavy (non-hydrogen) atoms. The van der Waals surface area contributed by atoms with Crippen LogP contribution in [0.1, 0.15) is 11.5 Å². The summed E-state index contributed by atoms with van der Waals surface area (Å²) in [4.78, 5) is 4.42. The van der Waals surface area contributed by atoms with E-state index >= 15 is 0 Å². The van der Waals surface area contributed by atoms with E-state index in [1.165, 1.54) is 20.2 Å². The van der Waals surface area contributed by atoms with E-state index in [1.807, 2.05) is 0 Å². The van der Waals surface area contributed by atoms with Gasteiger partial charge in [0.25, 0.3) is 0 Å². The standard InChI is InChI=1S/C18H18ClN3O4S/c1-12-10-15(8-9-16(12)25-3)27(23,24)22(2)11-17-20-18(21-26-17)13-4-6-14(19)7-5-13/h4-10H,11H2,1-3H3. The Morgan fingerprint density at radius 1 is 1.19 bits per heavy atom. The molecule has 0 aliphatic carbocycles. The summed E-state index contributed by atoms with van der Waals surface area (Å²) in [5.41, 5.74) is 1.46. The van der Waals surface area contributed by atoms with E-state index in [0.717, 1.165) is 15.4 Å². The maximum atomic E-state index is 12.8.